The minimum Gasteiger partial charge on any atom is -0.463 e. The van der Waals surface area contributed by atoms with Crippen molar-refractivity contribution in [2.24, 2.45) is 17.8 Å². The van der Waals surface area contributed by atoms with Gasteiger partial charge in [-0.3, -0.25) is 0 Å². The van der Waals surface area contributed by atoms with Crippen LogP contribution in [0.3, 0.4) is 0 Å². The van der Waals surface area contributed by atoms with Crippen molar-refractivity contribution in [3.05, 3.63) is 22.8 Å². The summed E-state index contributed by atoms with van der Waals surface area (Å²) in [6, 6.07) is 0. The van der Waals surface area contributed by atoms with Gasteiger partial charge < -0.3 is 4.74 Å². The standard InChI is InChI=1S/C18H32O2/c1-9-20-18(19)11-15(6)17(8)16(7)14(5)10-13(4)12(2)3/h11-14H,9-10H2,1-8H3. The second-order valence-electron chi connectivity index (χ2n) is 6.25. The molecule has 0 rings (SSSR count). The molecular weight excluding hydrogens is 248 g/mol. The Kier molecular flexibility index (Phi) is 8.52. The molecule has 0 heterocycles. The number of hydrogen-bond donors (Lipinski definition) is 0. The molecule has 0 aromatic carbocycles. The number of ether oxygens (including phenoxy) is 1. The quantitative estimate of drug-likeness (QED) is 0.366. The topological polar surface area (TPSA) is 26.3 Å². The Morgan fingerprint density at radius 2 is 1.65 bits per heavy atom. The first kappa shape index (κ1) is 18.9. The van der Waals surface area contributed by atoms with Crippen molar-refractivity contribution >= 4 is 5.97 Å². The summed E-state index contributed by atoms with van der Waals surface area (Å²) in [5.74, 6) is 1.71. The van der Waals surface area contributed by atoms with Gasteiger partial charge in [0.1, 0.15) is 0 Å². The lowest BCUT2D eigenvalue weighted by atomic mass is 9.83. The Bertz CT molecular complexity index is 375. The molecule has 0 aliphatic rings. The average molecular weight is 280 g/mol. The summed E-state index contributed by atoms with van der Waals surface area (Å²) in [7, 11) is 0. The van der Waals surface area contributed by atoms with E-state index in [2.05, 4.69) is 41.5 Å². The van der Waals surface area contributed by atoms with Crippen LogP contribution >= 0.6 is 0 Å². The summed E-state index contributed by atoms with van der Waals surface area (Å²) in [4.78, 5) is 11.5. The van der Waals surface area contributed by atoms with E-state index in [9.17, 15) is 4.79 Å². The molecule has 0 bridgehead atoms. The normalized spacial score (nSPS) is 16.8. The van der Waals surface area contributed by atoms with Gasteiger partial charge in [0.25, 0.3) is 0 Å². The predicted molar refractivity (Wildman–Crippen MR) is 86.5 cm³/mol. The van der Waals surface area contributed by atoms with Crippen LogP contribution in [0.1, 0.15) is 61.8 Å². The molecule has 0 aliphatic heterocycles. The Labute approximate surface area is 125 Å². The smallest absolute Gasteiger partial charge is 0.331 e. The highest BCUT2D eigenvalue weighted by molar-refractivity contribution is 5.83. The molecule has 116 valence electrons. The molecule has 0 saturated carbocycles. The van der Waals surface area contributed by atoms with Crippen LogP contribution in [0.25, 0.3) is 0 Å². The Hall–Kier alpha value is -1.05. The molecule has 0 fully saturated rings. The molecule has 0 aromatic rings. The van der Waals surface area contributed by atoms with Crippen LogP contribution in [0.2, 0.25) is 0 Å². The maximum Gasteiger partial charge on any atom is 0.331 e. The first-order chi connectivity index (χ1) is 9.20. The van der Waals surface area contributed by atoms with Gasteiger partial charge in [-0.1, -0.05) is 33.3 Å². The van der Waals surface area contributed by atoms with Gasteiger partial charge in [0.15, 0.2) is 0 Å². The lowest BCUT2D eigenvalue weighted by Crippen LogP contribution is -2.11. The third-order valence-electron chi connectivity index (χ3n) is 4.41. The zero-order chi connectivity index (χ0) is 15.9. The van der Waals surface area contributed by atoms with Crippen molar-refractivity contribution in [2.75, 3.05) is 6.61 Å². The van der Waals surface area contributed by atoms with Gasteiger partial charge in [-0.25, -0.2) is 4.79 Å². The van der Waals surface area contributed by atoms with Crippen LogP contribution in [-0.4, -0.2) is 12.6 Å². The lowest BCUT2D eigenvalue weighted by Gasteiger charge is -2.22. The SMILES string of the molecule is CCOC(=O)C=C(C)C(C)=C(C)C(C)CC(C)C(C)C. The number of allylic oxidation sites excluding steroid dienone is 3. The number of esters is 1. The third kappa shape index (κ3) is 6.40. The highest BCUT2D eigenvalue weighted by atomic mass is 16.5. The maximum atomic E-state index is 11.5. The maximum absolute atomic E-state index is 11.5. The summed E-state index contributed by atoms with van der Waals surface area (Å²) in [6.07, 6.45) is 2.79. The van der Waals surface area contributed by atoms with Gasteiger partial charge in [0.05, 0.1) is 6.61 Å². The van der Waals surface area contributed by atoms with Crippen molar-refractivity contribution < 1.29 is 9.53 Å². The van der Waals surface area contributed by atoms with Crippen molar-refractivity contribution in [3.8, 4) is 0 Å². The van der Waals surface area contributed by atoms with E-state index in [1.165, 1.54) is 17.6 Å². The molecular formula is C18H32O2. The summed E-state index contributed by atoms with van der Waals surface area (Å²) in [5.41, 5.74) is 3.59. The van der Waals surface area contributed by atoms with Crippen LogP contribution in [0.15, 0.2) is 22.8 Å². The Morgan fingerprint density at radius 1 is 1.10 bits per heavy atom. The van der Waals surface area contributed by atoms with E-state index in [4.69, 9.17) is 4.74 Å². The molecule has 0 aliphatic carbocycles. The molecule has 2 heteroatoms. The third-order valence-corrected chi connectivity index (χ3v) is 4.41. The number of hydrogen-bond acceptors (Lipinski definition) is 2. The van der Waals surface area contributed by atoms with E-state index in [0.29, 0.717) is 24.4 Å². The van der Waals surface area contributed by atoms with Gasteiger partial charge in [-0.15, -0.1) is 0 Å². The van der Waals surface area contributed by atoms with Crippen LogP contribution in [0.4, 0.5) is 0 Å². The van der Waals surface area contributed by atoms with Gasteiger partial charge in [0.2, 0.25) is 0 Å². The first-order valence-electron chi connectivity index (χ1n) is 7.73. The molecule has 0 saturated heterocycles. The lowest BCUT2D eigenvalue weighted by molar-refractivity contribution is -0.137. The second-order valence-corrected chi connectivity index (χ2v) is 6.25. The molecule has 0 aromatic heterocycles. The van der Waals surface area contributed by atoms with Gasteiger partial charge in [0, 0.05) is 6.08 Å². The van der Waals surface area contributed by atoms with Gasteiger partial charge in [-0.05, 0) is 63.0 Å². The van der Waals surface area contributed by atoms with Gasteiger partial charge in [-0.2, -0.15) is 0 Å². The van der Waals surface area contributed by atoms with Crippen molar-refractivity contribution in [3.63, 3.8) is 0 Å². The summed E-state index contributed by atoms with van der Waals surface area (Å²) >= 11 is 0. The van der Waals surface area contributed by atoms with E-state index >= 15 is 0 Å². The second kappa shape index (κ2) is 8.99. The fraction of sp³-hybridized carbons (Fsp3) is 0.722. The van der Waals surface area contributed by atoms with Crippen LogP contribution < -0.4 is 0 Å². The molecule has 2 nitrogen and oxygen atoms in total. The largest absolute Gasteiger partial charge is 0.463 e. The van der Waals surface area contributed by atoms with Crippen molar-refractivity contribution in [1.82, 2.24) is 0 Å². The highest BCUT2D eigenvalue weighted by Crippen LogP contribution is 2.28. The highest BCUT2D eigenvalue weighted by Gasteiger charge is 2.15. The van der Waals surface area contributed by atoms with E-state index in [0.717, 1.165) is 5.57 Å². The Balaban J connectivity index is 4.91. The molecule has 20 heavy (non-hydrogen) atoms. The van der Waals surface area contributed by atoms with Crippen LogP contribution in [0, 0.1) is 17.8 Å². The van der Waals surface area contributed by atoms with E-state index in [-0.39, 0.29) is 5.97 Å². The summed E-state index contributed by atoms with van der Waals surface area (Å²) < 4.78 is 4.96. The molecule has 2 unspecified atom stereocenters. The van der Waals surface area contributed by atoms with Crippen LogP contribution in [-0.2, 0) is 9.53 Å². The number of rotatable bonds is 7. The average Bonchev–Trinajstić information content (AvgIpc) is 2.36. The molecule has 2 atom stereocenters. The van der Waals surface area contributed by atoms with Crippen LogP contribution in [0.5, 0.6) is 0 Å². The van der Waals surface area contributed by atoms with E-state index in [1.54, 1.807) is 6.08 Å². The molecule has 0 N–H and O–H groups in total. The predicted octanol–water partition coefficient (Wildman–Crippen LogP) is 5.15. The minimum atomic E-state index is -0.250. The minimum absolute atomic E-state index is 0.250. The van der Waals surface area contributed by atoms with Crippen molar-refractivity contribution in [2.45, 2.75) is 61.8 Å². The first-order valence-corrected chi connectivity index (χ1v) is 7.73. The molecule has 0 radical (unpaired) electrons. The zero-order valence-corrected chi connectivity index (χ0v) is 14.5. The van der Waals surface area contributed by atoms with E-state index in [1.807, 2.05) is 13.8 Å². The molecule has 0 amide bonds. The fourth-order valence-corrected chi connectivity index (χ4v) is 2.16. The van der Waals surface area contributed by atoms with E-state index < -0.39 is 0 Å². The van der Waals surface area contributed by atoms with Gasteiger partial charge >= 0.3 is 5.97 Å². The Morgan fingerprint density at radius 3 is 2.10 bits per heavy atom. The number of carbonyl (C=O) groups is 1. The van der Waals surface area contributed by atoms with Crippen molar-refractivity contribution in [1.29, 1.82) is 0 Å². The summed E-state index contributed by atoms with van der Waals surface area (Å²) in [6.45, 7) is 17.6. The zero-order valence-electron chi connectivity index (χ0n) is 14.5. The molecule has 0 spiro atoms. The fourth-order valence-electron chi connectivity index (χ4n) is 2.16. The monoisotopic (exact) mass is 280 g/mol. The summed E-state index contributed by atoms with van der Waals surface area (Å²) in [5, 5.41) is 0. The number of carbonyl (C=O) groups excluding carboxylic acids is 1.